The smallest absolute Gasteiger partial charge is 0.300 e. The van der Waals surface area contributed by atoms with E-state index in [0.717, 1.165) is 28.6 Å². The van der Waals surface area contributed by atoms with Crippen LogP contribution in [-0.2, 0) is 16.0 Å². The number of hydrogen-bond donors (Lipinski definition) is 1. The lowest BCUT2D eigenvalue weighted by atomic mass is 9.94. The third-order valence-corrected chi connectivity index (χ3v) is 6.21. The summed E-state index contributed by atoms with van der Waals surface area (Å²) in [6, 6.07) is 15.2. The van der Waals surface area contributed by atoms with Gasteiger partial charge in [-0.15, -0.1) is 0 Å². The van der Waals surface area contributed by atoms with E-state index in [0.29, 0.717) is 23.4 Å². The number of pyridine rings is 1. The van der Waals surface area contributed by atoms with Crippen LogP contribution < -0.4 is 9.64 Å². The number of anilines is 1. The summed E-state index contributed by atoms with van der Waals surface area (Å²) < 4.78 is 6.43. The highest BCUT2D eigenvalue weighted by atomic mass is 79.9. The molecule has 160 valence electrons. The number of hydrogen-bond acceptors (Lipinski definition) is 5. The molecule has 2 aliphatic rings. The number of carbonyl (C=O) groups is 2. The number of aromatic nitrogens is 1. The molecule has 0 radical (unpaired) electrons. The minimum atomic E-state index is -0.801. The molecular weight excluding hydrogens is 472 g/mol. The maximum Gasteiger partial charge on any atom is 0.300 e. The van der Waals surface area contributed by atoms with Crippen LogP contribution in [0.25, 0.3) is 5.76 Å². The highest BCUT2D eigenvalue weighted by Gasteiger charge is 2.47. The molecule has 0 spiro atoms. The maximum absolute atomic E-state index is 13.2. The Hall–Kier alpha value is -3.45. The molecule has 5 rings (SSSR count). The van der Waals surface area contributed by atoms with Crippen molar-refractivity contribution >= 4 is 39.1 Å². The van der Waals surface area contributed by atoms with Crippen molar-refractivity contribution in [1.29, 1.82) is 0 Å². The van der Waals surface area contributed by atoms with Crippen molar-refractivity contribution in [3.8, 4) is 5.75 Å². The zero-order valence-corrected chi connectivity index (χ0v) is 18.6. The van der Waals surface area contributed by atoms with E-state index in [2.05, 4.69) is 20.9 Å². The number of rotatable bonds is 3. The molecule has 6 nitrogen and oxygen atoms in total. The molecule has 1 unspecified atom stereocenters. The van der Waals surface area contributed by atoms with Crippen molar-refractivity contribution in [3.63, 3.8) is 0 Å². The lowest BCUT2D eigenvalue weighted by molar-refractivity contribution is -0.132. The van der Waals surface area contributed by atoms with Gasteiger partial charge in [-0.1, -0.05) is 28.1 Å². The number of aliphatic hydroxyl groups excluding tert-OH is 1. The van der Waals surface area contributed by atoms with E-state index in [1.165, 1.54) is 4.90 Å². The van der Waals surface area contributed by atoms with Gasteiger partial charge in [0.2, 0.25) is 0 Å². The van der Waals surface area contributed by atoms with Crippen molar-refractivity contribution in [2.45, 2.75) is 18.9 Å². The maximum atomic E-state index is 13.2. The molecule has 1 atom stereocenters. The minimum Gasteiger partial charge on any atom is -0.507 e. The van der Waals surface area contributed by atoms with E-state index in [4.69, 9.17) is 4.74 Å². The molecule has 0 aliphatic carbocycles. The number of aryl methyl sites for hydroxylation is 1. The summed E-state index contributed by atoms with van der Waals surface area (Å²) in [6.07, 6.45) is 4.95. The van der Waals surface area contributed by atoms with E-state index >= 15 is 0 Å². The quantitative estimate of drug-likeness (QED) is 0.324. The molecule has 7 heteroatoms. The summed E-state index contributed by atoms with van der Waals surface area (Å²) in [7, 11) is 0. The van der Waals surface area contributed by atoms with Crippen LogP contribution in [0, 0.1) is 0 Å². The fourth-order valence-corrected chi connectivity index (χ4v) is 4.63. The van der Waals surface area contributed by atoms with E-state index in [1.54, 1.807) is 54.9 Å². The number of ketones is 1. The van der Waals surface area contributed by atoms with Gasteiger partial charge in [0, 0.05) is 28.1 Å². The average molecular weight is 491 g/mol. The first-order valence-electron chi connectivity index (χ1n) is 10.3. The Balaban J connectivity index is 1.69. The van der Waals surface area contributed by atoms with Crippen LogP contribution in [0.3, 0.4) is 0 Å². The van der Waals surface area contributed by atoms with Crippen molar-refractivity contribution in [2.24, 2.45) is 0 Å². The SMILES string of the molecule is O=C1C(=O)N(c2cccc(Br)c2)C(c2cccnc2)/C1=C(/O)c1ccc2c(c1)CCCO2. The summed E-state index contributed by atoms with van der Waals surface area (Å²) in [5.41, 5.74) is 2.68. The van der Waals surface area contributed by atoms with Gasteiger partial charge in [-0.2, -0.15) is 0 Å². The molecule has 32 heavy (non-hydrogen) atoms. The van der Waals surface area contributed by atoms with Crippen LogP contribution in [0.2, 0.25) is 0 Å². The Bertz CT molecular complexity index is 1260. The standard InChI is InChI=1S/C25H19BrN2O4/c26-18-6-1-7-19(13-18)28-22(17-4-2-10-27-14-17)21(24(30)25(28)31)23(29)16-8-9-20-15(12-16)5-3-11-32-20/h1-2,4,6-10,12-14,22,29H,3,5,11H2/b23-21-. The normalized spacial score (nSPS) is 19.5. The van der Waals surface area contributed by atoms with Crippen LogP contribution in [0.5, 0.6) is 5.75 Å². The van der Waals surface area contributed by atoms with E-state index in [9.17, 15) is 14.7 Å². The Morgan fingerprint density at radius 3 is 2.78 bits per heavy atom. The number of fused-ring (bicyclic) bond motifs is 1. The molecule has 0 bridgehead atoms. The third kappa shape index (κ3) is 3.48. The Kier molecular flexibility index (Phi) is 5.27. The molecule has 1 saturated heterocycles. The highest BCUT2D eigenvalue weighted by Crippen LogP contribution is 2.42. The fourth-order valence-electron chi connectivity index (χ4n) is 4.24. The number of benzene rings is 2. The number of ether oxygens (including phenoxy) is 1. The van der Waals surface area contributed by atoms with Gasteiger partial charge in [-0.25, -0.2) is 0 Å². The Morgan fingerprint density at radius 2 is 2.00 bits per heavy atom. The number of carbonyl (C=O) groups excluding carboxylic acids is 2. The molecule has 1 aromatic heterocycles. The topological polar surface area (TPSA) is 79.7 Å². The first-order chi connectivity index (χ1) is 15.5. The van der Waals surface area contributed by atoms with Gasteiger partial charge in [-0.3, -0.25) is 19.5 Å². The molecule has 3 aromatic rings. The Morgan fingerprint density at radius 1 is 1.12 bits per heavy atom. The zero-order chi connectivity index (χ0) is 22.2. The predicted molar refractivity (Wildman–Crippen MR) is 123 cm³/mol. The van der Waals surface area contributed by atoms with Crippen LogP contribution in [-0.4, -0.2) is 28.4 Å². The van der Waals surface area contributed by atoms with Gasteiger partial charge in [-0.05, 0) is 66.4 Å². The highest BCUT2D eigenvalue weighted by molar-refractivity contribution is 9.10. The molecule has 2 aliphatic heterocycles. The van der Waals surface area contributed by atoms with Gasteiger partial charge in [0.05, 0.1) is 18.2 Å². The summed E-state index contributed by atoms with van der Waals surface area (Å²) in [4.78, 5) is 31.9. The second kappa shape index (κ2) is 8.24. The molecule has 2 aromatic carbocycles. The molecule has 1 amide bonds. The Labute approximate surface area is 193 Å². The fraction of sp³-hybridized carbons (Fsp3) is 0.160. The van der Waals surface area contributed by atoms with Crippen LogP contribution in [0.1, 0.15) is 29.2 Å². The van der Waals surface area contributed by atoms with Crippen molar-refractivity contribution in [1.82, 2.24) is 4.98 Å². The van der Waals surface area contributed by atoms with Crippen molar-refractivity contribution < 1.29 is 19.4 Å². The van der Waals surface area contributed by atoms with E-state index in [-0.39, 0.29) is 11.3 Å². The van der Waals surface area contributed by atoms with Gasteiger partial charge in [0.25, 0.3) is 11.7 Å². The van der Waals surface area contributed by atoms with Crippen molar-refractivity contribution in [3.05, 3.63) is 93.7 Å². The molecule has 3 heterocycles. The predicted octanol–water partition coefficient (Wildman–Crippen LogP) is 4.80. The van der Waals surface area contributed by atoms with Crippen LogP contribution in [0.4, 0.5) is 5.69 Å². The molecule has 1 fully saturated rings. The second-order valence-electron chi connectivity index (χ2n) is 7.71. The second-order valence-corrected chi connectivity index (χ2v) is 8.63. The third-order valence-electron chi connectivity index (χ3n) is 5.71. The van der Waals surface area contributed by atoms with Crippen LogP contribution >= 0.6 is 15.9 Å². The number of halogens is 1. The van der Waals surface area contributed by atoms with E-state index < -0.39 is 17.7 Å². The van der Waals surface area contributed by atoms with E-state index in [1.807, 2.05) is 12.1 Å². The summed E-state index contributed by atoms with van der Waals surface area (Å²) >= 11 is 3.43. The number of aliphatic hydroxyl groups is 1. The van der Waals surface area contributed by atoms with Crippen LogP contribution in [0.15, 0.2) is 77.0 Å². The number of amides is 1. The van der Waals surface area contributed by atoms with Gasteiger partial charge >= 0.3 is 0 Å². The minimum absolute atomic E-state index is 0.0413. The average Bonchev–Trinajstić information content (AvgIpc) is 3.09. The number of nitrogens with zero attached hydrogens (tertiary/aromatic N) is 2. The molecule has 1 N–H and O–H groups in total. The van der Waals surface area contributed by atoms with Crippen molar-refractivity contribution in [2.75, 3.05) is 11.5 Å². The monoisotopic (exact) mass is 490 g/mol. The number of Topliss-reactive ketones (excluding diaryl/α,β-unsaturated/α-hetero) is 1. The summed E-state index contributed by atoms with van der Waals surface area (Å²) in [5.74, 6) is -0.848. The summed E-state index contributed by atoms with van der Waals surface area (Å²) in [5, 5.41) is 11.3. The molecular formula is C25H19BrN2O4. The van der Waals surface area contributed by atoms with Gasteiger partial charge < -0.3 is 9.84 Å². The zero-order valence-electron chi connectivity index (χ0n) is 17.0. The summed E-state index contributed by atoms with van der Waals surface area (Å²) in [6.45, 7) is 0.664. The molecule has 0 saturated carbocycles. The first-order valence-corrected chi connectivity index (χ1v) is 11.1. The largest absolute Gasteiger partial charge is 0.507 e. The lowest BCUT2D eigenvalue weighted by Crippen LogP contribution is -2.29. The van der Waals surface area contributed by atoms with Gasteiger partial charge in [0.15, 0.2) is 0 Å². The first kappa shape index (κ1) is 20.5. The van der Waals surface area contributed by atoms with Gasteiger partial charge in [0.1, 0.15) is 11.5 Å². The lowest BCUT2D eigenvalue weighted by Gasteiger charge is -2.25.